The summed E-state index contributed by atoms with van der Waals surface area (Å²) in [6, 6.07) is 4.02. The molecule has 0 heterocycles. The Hall–Kier alpha value is -1.43. The van der Waals surface area contributed by atoms with E-state index in [9.17, 15) is 8.42 Å². The lowest BCUT2D eigenvalue weighted by atomic mass is 10.2. The van der Waals surface area contributed by atoms with Gasteiger partial charge in [-0.3, -0.25) is 4.31 Å². The number of ether oxygens (including phenoxy) is 1. The van der Waals surface area contributed by atoms with E-state index < -0.39 is 17.1 Å². The summed E-state index contributed by atoms with van der Waals surface area (Å²) in [7, 11) is -4.76. The Bertz CT molecular complexity index is 542. The maximum absolute atomic E-state index is 11.4. The van der Waals surface area contributed by atoms with Crippen LogP contribution in [0.5, 0.6) is 5.75 Å². The maximum Gasteiger partial charge on any atom is 0.232 e. The van der Waals surface area contributed by atoms with Crippen molar-refractivity contribution in [3.63, 3.8) is 0 Å². The highest BCUT2D eigenvalue weighted by Gasteiger charge is 2.15. The van der Waals surface area contributed by atoms with Gasteiger partial charge in [-0.15, -0.1) is 0 Å². The maximum atomic E-state index is 11.4. The van der Waals surface area contributed by atoms with Crippen LogP contribution in [0.15, 0.2) is 18.2 Å². The molecule has 15 heavy (non-hydrogen) atoms. The Morgan fingerprint density at radius 1 is 1.53 bits per heavy atom. The first-order valence-electron chi connectivity index (χ1n) is 5.53. The number of sulfonamides is 1. The largest absolute Gasteiger partial charge is 0.497 e. The topological polar surface area (TPSA) is 72.6 Å². The lowest BCUT2D eigenvalue weighted by molar-refractivity contribution is 0.415. The first-order chi connectivity index (χ1) is 8.00. The van der Waals surface area contributed by atoms with E-state index in [0.29, 0.717) is 0 Å². The number of benzene rings is 1. The van der Waals surface area contributed by atoms with Gasteiger partial charge in [-0.25, -0.2) is 8.42 Å². The summed E-state index contributed by atoms with van der Waals surface area (Å²) in [6.07, 6.45) is 1.02. The summed E-state index contributed by atoms with van der Waals surface area (Å²) in [5.74, 6) is 0.0229. The van der Waals surface area contributed by atoms with Crippen LogP contribution in [0.1, 0.15) is 4.11 Å². The molecule has 0 saturated heterocycles. The first kappa shape index (κ1) is 7.81. The first-order valence-corrected chi connectivity index (χ1v) is 5.88. The van der Waals surface area contributed by atoms with Crippen LogP contribution in [-0.2, 0) is 10.0 Å². The fraction of sp³-hybridized carbons (Fsp3) is 0.333. The summed E-state index contributed by atoms with van der Waals surface area (Å²) >= 11 is 0. The van der Waals surface area contributed by atoms with Gasteiger partial charge in [-0.2, -0.15) is 0 Å². The van der Waals surface area contributed by atoms with E-state index in [2.05, 4.69) is 4.74 Å². The van der Waals surface area contributed by atoms with E-state index in [4.69, 9.17) is 9.85 Å². The number of nitrogen functional groups attached to an aromatic ring is 1. The Labute approximate surface area is 93.7 Å². The quantitative estimate of drug-likeness (QED) is 0.779. The lowest BCUT2D eigenvalue weighted by Gasteiger charge is -2.19. The van der Waals surface area contributed by atoms with Crippen molar-refractivity contribution in [1.82, 2.24) is 0 Å². The second-order valence-electron chi connectivity index (χ2n) is 3.05. The van der Waals surface area contributed by atoms with Crippen molar-refractivity contribution < 1.29 is 17.3 Å². The lowest BCUT2D eigenvalue weighted by Crippen LogP contribution is -2.25. The number of nitrogens with zero attached hydrogens (tertiary/aromatic N) is 1. The normalized spacial score (nSPS) is 14.9. The van der Waals surface area contributed by atoms with E-state index in [1.165, 1.54) is 25.2 Å². The van der Waals surface area contributed by atoms with Crippen molar-refractivity contribution in [2.45, 2.75) is 0 Å². The molecule has 0 radical (unpaired) electrons. The Morgan fingerprint density at radius 3 is 2.73 bits per heavy atom. The Balaban J connectivity index is 3.17. The highest BCUT2D eigenvalue weighted by Crippen LogP contribution is 2.28. The Morgan fingerprint density at radius 2 is 2.20 bits per heavy atom. The summed E-state index contributed by atoms with van der Waals surface area (Å²) in [6.45, 7) is 0. The molecule has 0 saturated carbocycles. The fourth-order valence-electron chi connectivity index (χ4n) is 1.04. The molecule has 1 aromatic carbocycles. The average molecular weight is 233 g/mol. The van der Waals surface area contributed by atoms with E-state index in [1.807, 2.05) is 0 Å². The van der Waals surface area contributed by atoms with Crippen molar-refractivity contribution in [3.8, 4) is 5.75 Å². The van der Waals surface area contributed by atoms with Crippen LogP contribution in [-0.4, -0.2) is 28.8 Å². The van der Waals surface area contributed by atoms with E-state index >= 15 is 0 Å². The van der Waals surface area contributed by atoms with Crippen LogP contribution in [0.25, 0.3) is 0 Å². The van der Waals surface area contributed by atoms with Crippen LogP contribution in [0.3, 0.4) is 0 Å². The summed E-state index contributed by atoms with van der Waals surface area (Å²) in [4.78, 5) is 0. The van der Waals surface area contributed by atoms with Gasteiger partial charge in [0.05, 0.1) is 28.8 Å². The zero-order chi connectivity index (χ0) is 14.1. The average Bonchev–Trinajstić information content (AvgIpc) is 2.16. The number of nitrogens with two attached hydrogens (primary N) is 1. The van der Waals surface area contributed by atoms with Gasteiger partial charge in [0.1, 0.15) is 5.75 Å². The number of rotatable bonds is 3. The highest BCUT2D eigenvalue weighted by molar-refractivity contribution is 7.92. The van der Waals surface area contributed by atoms with Crippen molar-refractivity contribution in [1.29, 1.82) is 0 Å². The van der Waals surface area contributed by atoms with Gasteiger partial charge in [0.25, 0.3) is 0 Å². The molecule has 0 atom stereocenters. The van der Waals surface area contributed by atoms with E-state index in [0.717, 1.165) is 10.6 Å². The standard InChI is InChI=1S/C9H14N2O3S/c1-11(15(3,12)13)9-6-7(14-2)4-5-8(9)10/h4-6H,10H2,1-3H3/i2D3. The monoisotopic (exact) mass is 233 g/mol. The van der Waals surface area contributed by atoms with Crippen LogP contribution < -0.4 is 14.8 Å². The van der Waals surface area contributed by atoms with Crippen molar-refractivity contribution in [3.05, 3.63) is 18.2 Å². The summed E-state index contributed by atoms with van der Waals surface area (Å²) in [5.41, 5.74) is 6.02. The number of methoxy groups -OCH3 is 1. The minimum absolute atomic E-state index is 0.0229. The van der Waals surface area contributed by atoms with Crippen molar-refractivity contribution in [2.24, 2.45) is 0 Å². The smallest absolute Gasteiger partial charge is 0.232 e. The molecule has 0 bridgehead atoms. The van der Waals surface area contributed by atoms with Gasteiger partial charge in [-0.05, 0) is 12.1 Å². The van der Waals surface area contributed by atoms with Gasteiger partial charge in [0.2, 0.25) is 10.0 Å². The third-order valence-electron chi connectivity index (χ3n) is 1.96. The Kier molecular flexibility index (Phi) is 2.07. The van der Waals surface area contributed by atoms with E-state index in [1.54, 1.807) is 0 Å². The molecular formula is C9H14N2O3S. The molecule has 1 aromatic rings. The molecule has 84 valence electrons. The molecule has 5 nitrogen and oxygen atoms in total. The second kappa shape index (κ2) is 3.98. The summed E-state index contributed by atoms with van der Waals surface area (Å²) < 4.78 is 49.3. The minimum Gasteiger partial charge on any atom is -0.497 e. The van der Waals surface area contributed by atoms with Gasteiger partial charge in [0, 0.05) is 13.1 Å². The zero-order valence-electron chi connectivity index (χ0n) is 11.4. The molecule has 0 aromatic heterocycles. The van der Waals surface area contributed by atoms with E-state index in [-0.39, 0.29) is 17.1 Å². The van der Waals surface area contributed by atoms with Crippen molar-refractivity contribution >= 4 is 21.4 Å². The molecule has 0 unspecified atom stereocenters. The molecule has 0 amide bonds. The molecule has 2 N–H and O–H groups in total. The predicted octanol–water partition coefficient (Wildman–Crippen LogP) is 0.673. The molecule has 6 heteroatoms. The molecule has 0 fully saturated rings. The molecule has 0 spiro atoms. The molecule has 0 aliphatic heterocycles. The van der Waals surface area contributed by atoms with Crippen molar-refractivity contribution in [2.75, 3.05) is 30.4 Å². The van der Waals surface area contributed by atoms with Crippen LogP contribution in [0, 0.1) is 0 Å². The molecular weight excluding hydrogens is 216 g/mol. The van der Waals surface area contributed by atoms with Gasteiger partial charge < -0.3 is 10.5 Å². The minimum atomic E-state index is -3.48. The molecule has 0 aliphatic carbocycles. The molecule has 1 rings (SSSR count). The van der Waals surface area contributed by atoms with Gasteiger partial charge >= 0.3 is 0 Å². The third-order valence-corrected chi connectivity index (χ3v) is 3.15. The highest BCUT2D eigenvalue weighted by atomic mass is 32.2. The number of anilines is 2. The van der Waals surface area contributed by atoms with Crippen LogP contribution in [0.2, 0.25) is 0 Å². The van der Waals surface area contributed by atoms with Gasteiger partial charge in [-0.1, -0.05) is 0 Å². The predicted molar refractivity (Wildman–Crippen MR) is 60.7 cm³/mol. The third kappa shape index (κ3) is 2.53. The summed E-state index contributed by atoms with van der Waals surface area (Å²) in [5, 5.41) is 0. The fourth-order valence-corrected chi connectivity index (χ4v) is 1.55. The zero-order valence-corrected chi connectivity index (χ0v) is 9.21. The van der Waals surface area contributed by atoms with Gasteiger partial charge in [0.15, 0.2) is 0 Å². The number of hydrogen-bond acceptors (Lipinski definition) is 4. The molecule has 0 aliphatic rings. The SMILES string of the molecule is [2H]C([2H])([2H])Oc1ccc(N)c(N(C)S(C)(=O)=O)c1. The second-order valence-corrected chi connectivity index (χ2v) is 5.07. The van der Waals surface area contributed by atoms with Crippen LogP contribution >= 0.6 is 0 Å². The van der Waals surface area contributed by atoms with Crippen LogP contribution in [0.4, 0.5) is 11.4 Å². The number of hydrogen-bond donors (Lipinski definition) is 1.